The van der Waals surface area contributed by atoms with Crippen molar-refractivity contribution in [1.29, 1.82) is 0 Å². The molecule has 0 saturated carbocycles. The van der Waals surface area contributed by atoms with E-state index in [0.29, 0.717) is 24.3 Å². The fourth-order valence-corrected chi connectivity index (χ4v) is 3.67. The second-order valence-electron chi connectivity index (χ2n) is 6.28. The van der Waals surface area contributed by atoms with Crippen LogP contribution in [-0.2, 0) is 20.7 Å². The van der Waals surface area contributed by atoms with Crippen LogP contribution in [0.2, 0.25) is 0 Å². The lowest BCUT2D eigenvalue weighted by atomic mass is 10.2. The van der Waals surface area contributed by atoms with Gasteiger partial charge in [-0.25, -0.2) is 4.98 Å². The summed E-state index contributed by atoms with van der Waals surface area (Å²) in [5.41, 5.74) is 1.57. The molecule has 0 aliphatic carbocycles. The first-order valence-electron chi connectivity index (χ1n) is 9.04. The molecule has 6 nitrogen and oxygen atoms in total. The highest BCUT2D eigenvalue weighted by atomic mass is 32.1. The van der Waals surface area contributed by atoms with Gasteiger partial charge in [0.05, 0.1) is 22.3 Å². The molecule has 0 aliphatic heterocycles. The summed E-state index contributed by atoms with van der Waals surface area (Å²) in [4.78, 5) is 28.8. The third-order valence-electron chi connectivity index (χ3n) is 4.12. The second kappa shape index (κ2) is 9.32. The Labute approximate surface area is 167 Å². The number of nitrogens with one attached hydrogen (secondary N) is 1. The number of hydrogen-bond donors (Lipinski definition) is 1. The van der Waals surface area contributed by atoms with Crippen molar-refractivity contribution in [1.82, 2.24) is 4.98 Å². The largest absolute Gasteiger partial charge is 0.497 e. The van der Waals surface area contributed by atoms with Gasteiger partial charge in [-0.2, -0.15) is 0 Å². The highest BCUT2D eigenvalue weighted by Crippen LogP contribution is 2.23. The summed E-state index contributed by atoms with van der Waals surface area (Å²) in [5.74, 6) is -0.139. The van der Waals surface area contributed by atoms with Crippen LogP contribution in [-0.4, -0.2) is 30.1 Å². The molecule has 1 aromatic heterocycles. The molecule has 0 saturated heterocycles. The van der Waals surface area contributed by atoms with E-state index in [4.69, 9.17) is 9.47 Å². The van der Waals surface area contributed by atoms with Crippen molar-refractivity contribution >= 4 is 39.1 Å². The number of methoxy groups -OCH3 is 1. The Balaban J connectivity index is 1.43. The zero-order chi connectivity index (χ0) is 19.9. The number of carbonyl (C=O) groups is 2. The van der Waals surface area contributed by atoms with Gasteiger partial charge in [-0.05, 0) is 44.0 Å². The summed E-state index contributed by atoms with van der Waals surface area (Å²) < 4.78 is 11.5. The van der Waals surface area contributed by atoms with Gasteiger partial charge in [0.1, 0.15) is 5.75 Å². The second-order valence-corrected chi connectivity index (χ2v) is 7.40. The van der Waals surface area contributed by atoms with Gasteiger partial charge >= 0.3 is 5.97 Å². The molecule has 1 N–H and O–H groups in total. The number of rotatable bonds is 8. The first-order valence-corrected chi connectivity index (χ1v) is 9.85. The van der Waals surface area contributed by atoms with Crippen LogP contribution in [0.25, 0.3) is 10.2 Å². The van der Waals surface area contributed by atoms with Crippen LogP contribution in [0.1, 0.15) is 24.8 Å². The number of thiazole rings is 1. The van der Waals surface area contributed by atoms with Crippen molar-refractivity contribution in [3.05, 3.63) is 53.5 Å². The van der Waals surface area contributed by atoms with Gasteiger partial charge in [0.15, 0.2) is 6.10 Å². The Bertz CT molecular complexity index is 937. The first-order chi connectivity index (χ1) is 13.5. The van der Waals surface area contributed by atoms with E-state index in [-0.39, 0.29) is 12.3 Å². The van der Waals surface area contributed by atoms with Crippen molar-refractivity contribution in [2.24, 2.45) is 0 Å². The summed E-state index contributed by atoms with van der Waals surface area (Å²) in [6.07, 6.45) is 0.704. The maximum absolute atomic E-state index is 12.2. The molecule has 0 fully saturated rings. The van der Waals surface area contributed by atoms with Gasteiger partial charge in [-0.3, -0.25) is 9.59 Å². The third kappa shape index (κ3) is 5.29. The lowest BCUT2D eigenvalue weighted by Crippen LogP contribution is -2.29. The molecule has 1 amide bonds. The van der Waals surface area contributed by atoms with E-state index in [2.05, 4.69) is 10.3 Å². The fourth-order valence-electron chi connectivity index (χ4n) is 2.67. The number of hydrogen-bond acceptors (Lipinski definition) is 6. The van der Waals surface area contributed by atoms with E-state index in [1.54, 1.807) is 49.6 Å². The monoisotopic (exact) mass is 398 g/mol. The van der Waals surface area contributed by atoms with Gasteiger partial charge in [-0.15, -0.1) is 11.3 Å². The normalized spacial score (nSPS) is 11.8. The standard InChI is InChI=1S/C21H22N2O4S/c1-14(21(25)22-15-7-5-8-16(13-15)26-2)27-20(24)12-6-11-19-23-17-9-3-4-10-18(17)28-19/h3-5,7-10,13-14H,6,11-12H2,1-2H3,(H,22,25)/t14-/m0/s1. The molecule has 0 spiro atoms. The number of ether oxygens (including phenoxy) is 2. The van der Waals surface area contributed by atoms with Gasteiger partial charge < -0.3 is 14.8 Å². The lowest BCUT2D eigenvalue weighted by Gasteiger charge is -2.14. The van der Waals surface area contributed by atoms with Gasteiger partial charge in [0.25, 0.3) is 5.91 Å². The minimum Gasteiger partial charge on any atom is -0.497 e. The summed E-state index contributed by atoms with van der Waals surface area (Å²) in [6.45, 7) is 1.56. The van der Waals surface area contributed by atoms with E-state index < -0.39 is 12.1 Å². The SMILES string of the molecule is COc1cccc(NC(=O)[C@H](C)OC(=O)CCCc2nc3ccccc3s2)c1. The van der Waals surface area contributed by atoms with Gasteiger partial charge in [0, 0.05) is 18.2 Å². The smallest absolute Gasteiger partial charge is 0.306 e. The molecular formula is C21H22N2O4S. The molecular weight excluding hydrogens is 376 g/mol. The molecule has 2 aromatic carbocycles. The van der Waals surface area contributed by atoms with Crippen LogP contribution in [0.5, 0.6) is 5.75 Å². The molecule has 146 valence electrons. The molecule has 3 rings (SSSR count). The molecule has 1 atom stereocenters. The summed E-state index contributed by atoms with van der Waals surface area (Å²) >= 11 is 1.63. The molecule has 7 heteroatoms. The number of aryl methyl sites for hydroxylation is 1. The Kier molecular flexibility index (Phi) is 6.60. The molecule has 0 aliphatic rings. The fraction of sp³-hybridized carbons (Fsp3) is 0.286. The Morgan fingerprint density at radius 3 is 2.79 bits per heavy atom. The van der Waals surface area contributed by atoms with Gasteiger partial charge in [0.2, 0.25) is 0 Å². The van der Waals surface area contributed by atoms with Crippen LogP contribution in [0.3, 0.4) is 0 Å². The number of amides is 1. The number of fused-ring (bicyclic) bond motifs is 1. The van der Waals surface area contributed by atoms with Gasteiger partial charge in [-0.1, -0.05) is 18.2 Å². The molecule has 28 heavy (non-hydrogen) atoms. The van der Waals surface area contributed by atoms with Crippen LogP contribution in [0.15, 0.2) is 48.5 Å². The first kappa shape index (κ1) is 19.8. The minimum absolute atomic E-state index is 0.243. The highest BCUT2D eigenvalue weighted by Gasteiger charge is 2.18. The quantitative estimate of drug-likeness (QED) is 0.576. The van der Waals surface area contributed by atoms with Crippen LogP contribution in [0.4, 0.5) is 5.69 Å². The number of esters is 1. The zero-order valence-electron chi connectivity index (χ0n) is 15.8. The summed E-state index contributed by atoms with van der Waals surface area (Å²) in [7, 11) is 1.56. The zero-order valence-corrected chi connectivity index (χ0v) is 16.6. The van der Waals surface area contributed by atoms with Crippen molar-refractivity contribution in [2.45, 2.75) is 32.3 Å². The number of anilines is 1. The maximum atomic E-state index is 12.2. The average molecular weight is 398 g/mol. The van der Waals surface area contributed by atoms with Crippen LogP contribution >= 0.6 is 11.3 Å². The van der Waals surface area contributed by atoms with E-state index in [1.165, 1.54) is 0 Å². The Hall–Kier alpha value is -2.93. The molecule has 3 aromatic rings. The van der Waals surface area contributed by atoms with E-state index in [9.17, 15) is 9.59 Å². The summed E-state index contributed by atoms with van der Waals surface area (Å²) in [6, 6.07) is 15.0. The molecule has 0 bridgehead atoms. The van der Waals surface area contributed by atoms with E-state index >= 15 is 0 Å². The maximum Gasteiger partial charge on any atom is 0.306 e. The number of carbonyl (C=O) groups excluding carboxylic acids is 2. The van der Waals surface area contributed by atoms with E-state index in [0.717, 1.165) is 15.2 Å². The minimum atomic E-state index is -0.874. The number of para-hydroxylation sites is 1. The molecule has 0 unspecified atom stereocenters. The van der Waals surface area contributed by atoms with Crippen LogP contribution in [0, 0.1) is 0 Å². The predicted molar refractivity (Wildman–Crippen MR) is 110 cm³/mol. The van der Waals surface area contributed by atoms with Crippen molar-refractivity contribution in [3.8, 4) is 5.75 Å². The van der Waals surface area contributed by atoms with E-state index in [1.807, 2.05) is 24.3 Å². The van der Waals surface area contributed by atoms with Crippen molar-refractivity contribution in [3.63, 3.8) is 0 Å². The predicted octanol–water partition coefficient (Wildman–Crippen LogP) is 4.20. The number of benzene rings is 2. The third-order valence-corrected chi connectivity index (χ3v) is 5.22. The average Bonchev–Trinajstić information content (AvgIpc) is 3.10. The highest BCUT2D eigenvalue weighted by molar-refractivity contribution is 7.18. The Morgan fingerprint density at radius 1 is 1.18 bits per heavy atom. The number of nitrogens with zero attached hydrogens (tertiary/aromatic N) is 1. The van der Waals surface area contributed by atoms with Crippen LogP contribution < -0.4 is 10.1 Å². The van der Waals surface area contributed by atoms with Crippen molar-refractivity contribution in [2.75, 3.05) is 12.4 Å². The summed E-state index contributed by atoms with van der Waals surface area (Å²) in [5, 5.41) is 3.71. The lowest BCUT2D eigenvalue weighted by molar-refractivity contribution is -0.153. The molecule has 0 radical (unpaired) electrons. The molecule has 1 heterocycles. The topological polar surface area (TPSA) is 77.5 Å². The van der Waals surface area contributed by atoms with Crippen molar-refractivity contribution < 1.29 is 19.1 Å². The Morgan fingerprint density at radius 2 is 2.00 bits per heavy atom. The number of aromatic nitrogens is 1.